The van der Waals surface area contributed by atoms with E-state index < -0.39 is 0 Å². The molecule has 1 aliphatic heterocycles. The topological polar surface area (TPSA) is 74.0 Å². The Kier molecular flexibility index (Phi) is 7.68. The average molecular weight is 336 g/mol. The standard InChI is InChI=1S/C18H28N2O4/c1-22-18(21)6-5-12-23-17-14-15(19)7-8-16(17)24-13-11-20-9-3-2-4-10-20/h7-8,14H,2-6,9-13,19H2,1H3. The van der Waals surface area contributed by atoms with Gasteiger partial charge in [0.05, 0.1) is 13.7 Å². The SMILES string of the molecule is COC(=O)CCCOc1cc(N)ccc1OCCN1CCCCC1. The fourth-order valence-electron chi connectivity index (χ4n) is 2.73. The zero-order valence-electron chi connectivity index (χ0n) is 14.5. The molecule has 0 aliphatic carbocycles. The molecular formula is C18H28N2O4. The smallest absolute Gasteiger partial charge is 0.305 e. The van der Waals surface area contributed by atoms with Gasteiger partial charge >= 0.3 is 5.97 Å². The summed E-state index contributed by atoms with van der Waals surface area (Å²) in [4.78, 5) is 13.5. The summed E-state index contributed by atoms with van der Waals surface area (Å²) in [6.45, 7) is 4.28. The second-order valence-electron chi connectivity index (χ2n) is 5.99. The molecular weight excluding hydrogens is 308 g/mol. The van der Waals surface area contributed by atoms with E-state index in [0.29, 0.717) is 43.2 Å². The molecule has 6 nitrogen and oxygen atoms in total. The van der Waals surface area contributed by atoms with Gasteiger partial charge in [-0.1, -0.05) is 6.42 Å². The third kappa shape index (κ3) is 6.28. The monoisotopic (exact) mass is 336 g/mol. The maximum atomic E-state index is 11.1. The molecule has 1 saturated heterocycles. The molecule has 1 aliphatic rings. The first-order chi connectivity index (χ1) is 11.7. The number of hydrogen-bond acceptors (Lipinski definition) is 6. The van der Waals surface area contributed by atoms with Crippen LogP contribution in [0.15, 0.2) is 18.2 Å². The van der Waals surface area contributed by atoms with Crippen LogP contribution in [-0.2, 0) is 9.53 Å². The molecule has 1 heterocycles. The lowest BCUT2D eigenvalue weighted by atomic mass is 10.1. The van der Waals surface area contributed by atoms with Gasteiger partial charge in [0, 0.05) is 24.7 Å². The molecule has 2 rings (SSSR count). The number of benzene rings is 1. The summed E-state index contributed by atoms with van der Waals surface area (Å²) in [5, 5.41) is 0. The number of esters is 1. The number of likely N-dealkylation sites (tertiary alicyclic amines) is 1. The van der Waals surface area contributed by atoms with Crippen LogP contribution in [0.5, 0.6) is 11.5 Å². The molecule has 6 heteroatoms. The van der Waals surface area contributed by atoms with Crippen molar-refractivity contribution >= 4 is 11.7 Å². The van der Waals surface area contributed by atoms with E-state index in [1.165, 1.54) is 26.4 Å². The van der Waals surface area contributed by atoms with Gasteiger partial charge in [0.1, 0.15) is 6.61 Å². The molecule has 0 spiro atoms. The molecule has 0 radical (unpaired) electrons. The number of nitrogens with zero attached hydrogens (tertiary/aromatic N) is 1. The summed E-state index contributed by atoms with van der Waals surface area (Å²) in [5.74, 6) is 1.09. The largest absolute Gasteiger partial charge is 0.490 e. The number of nitrogens with two attached hydrogens (primary N) is 1. The Hall–Kier alpha value is -1.95. The molecule has 0 amide bonds. The number of anilines is 1. The van der Waals surface area contributed by atoms with E-state index in [2.05, 4.69) is 9.64 Å². The van der Waals surface area contributed by atoms with E-state index in [4.69, 9.17) is 15.2 Å². The van der Waals surface area contributed by atoms with Crippen molar-refractivity contribution in [2.75, 3.05) is 45.7 Å². The summed E-state index contributed by atoms with van der Waals surface area (Å²) in [6.07, 6.45) is 4.81. The summed E-state index contributed by atoms with van der Waals surface area (Å²) in [6, 6.07) is 5.40. The number of rotatable bonds is 9. The zero-order chi connectivity index (χ0) is 17.2. The van der Waals surface area contributed by atoms with E-state index in [1.54, 1.807) is 12.1 Å². The van der Waals surface area contributed by atoms with Crippen LogP contribution in [0.1, 0.15) is 32.1 Å². The van der Waals surface area contributed by atoms with Crippen molar-refractivity contribution in [3.05, 3.63) is 18.2 Å². The molecule has 0 atom stereocenters. The highest BCUT2D eigenvalue weighted by Gasteiger charge is 2.11. The second-order valence-corrected chi connectivity index (χ2v) is 5.99. The molecule has 0 saturated carbocycles. The number of carbonyl (C=O) groups is 1. The predicted octanol–water partition coefficient (Wildman–Crippen LogP) is 2.47. The van der Waals surface area contributed by atoms with Gasteiger partial charge in [-0.15, -0.1) is 0 Å². The maximum absolute atomic E-state index is 11.1. The Labute approximate surface area is 143 Å². The Morgan fingerprint density at radius 1 is 1.12 bits per heavy atom. The highest BCUT2D eigenvalue weighted by Crippen LogP contribution is 2.29. The van der Waals surface area contributed by atoms with Crippen LogP contribution < -0.4 is 15.2 Å². The maximum Gasteiger partial charge on any atom is 0.305 e. The summed E-state index contributed by atoms with van der Waals surface area (Å²) >= 11 is 0. The molecule has 24 heavy (non-hydrogen) atoms. The van der Waals surface area contributed by atoms with Crippen LogP contribution in [0.2, 0.25) is 0 Å². The summed E-state index contributed by atoms with van der Waals surface area (Å²) in [7, 11) is 1.38. The predicted molar refractivity (Wildman–Crippen MR) is 93.4 cm³/mol. The van der Waals surface area contributed by atoms with Gasteiger partial charge in [0.2, 0.25) is 0 Å². The Balaban J connectivity index is 1.79. The van der Waals surface area contributed by atoms with Gasteiger partial charge in [-0.05, 0) is 44.5 Å². The van der Waals surface area contributed by atoms with E-state index >= 15 is 0 Å². The molecule has 2 N–H and O–H groups in total. The van der Waals surface area contributed by atoms with Crippen LogP contribution in [0.25, 0.3) is 0 Å². The first kappa shape index (κ1) is 18.4. The van der Waals surface area contributed by atoms with Gasteiger partial charge in [-0.25, -0.2) is 0 Å². The van der Waals surface area contributed by atoms with Crippen molar-refractivity contribution in [3.8, 4) is 11.5 Å². The molecule has 134 valence electrons. The van der Waals surface area contributed by atoms with Crippen LogP contribution in [-0.4, -0.2) is 50.8 Å². The van der Waals surface area contributed by atoms with E-state index in [-0.39, 0.29) is 5.97 Å². The van der Waals surface area contributed by atoms with Crippen molar-refractivity contribution in [3.63, 3.8) is 0 Å². The van der Waals surface area contributed by atoms with Crippen LogP contribution in [0.4, 0.5) is 5.69 Å². The summed E-state index contributed by atoms with van der Waals surface area (Å²) < 4.78 is 16.2. The number of ether oxygens (including phenoxy) is 3. The first-order valence-corrected chi connectivity index (χ1v) is 8.63. The van der Waals surface area contributed by atoms with E-state index in [9.17, 15) is 4.79 Å². The lowest BCUT2D eigenvalue weighted by Crippen LogP contribution is -2.33. The normalized spacial score (nSPS) is 15.0. The van der Waals surface area contributed by atoms with Crippen molar-refractivity contribution in [2.24, 2.45) is 0 Å². The quantitative estimate of drug-likeness (QED) is 0.424. The first-order valence-electron chi connectivity index (χ1n) is 8.63. The van der Waals surface area contributed by atoms with E-state index in [0.717, 1.165) is 19.6 Å². The highest BCUT2D eigenvalue weighted by atomic mass is 16.5. The van der Waals surface area contributed by atoms with Crippen LogP contribution in [0.3, 0.4) is 0 Å². The van der Waals surface area contributed by atoms with Crippen molar-refractivity contribution in [1.29, 1.82) is 0 Å². The van der Waals surface area contributed by atoms with Crippen molar-refractivity contribution in [2.45, 2.75) is 32.1 Å². The molecule has 0 unspecified atom stereocenters. The van der Waals surface area contributed by atoms with Crippen molar-refractivity contribution in [1.82, 2.24) is 4.90 Å². The number of methoxy groups -OCH3 is 1. The zero-order valence-corrected chi connectivity index (χ0v) is 14.5. The Morgan fingerprint density at radius 3 is 2.62 bits per heavy atom. The third-order valence-corrected chi connectivity index (χ3v) is 4.09. The lowest BCUT2D eigenvalue weighted by molar-refractivity contribution is -0.140. The number of nitrogen functional groups attached to an aromatic ring is 1. The molecule has 0 bridgehead atoms. The number of hydrogen-bond donors (Lipinski definition) is 1. The van der Waals surface area contributed by atoms with Gasteiger partial charge in [-0.3, -0.25) is 9.69 Å². The van der Waals surface area contributed by atoms with Gasteiger partial charge in [0.15, 0.2) is 11.5 Å². The average Bonchev–Trinajstić information content (AvgIpc) is 2.61. The third-order valence-electron chi connectivity index (χ3n) is 4.09. The van der Waals surface area contributed by atoms with Crippen molar-refractivity contribution < 1.29 is 19.0 Å². The summed E-state index contributed by atoms with van der Waals surface area (Å²) in [5.41, 5.74) is 6.46. The van der Waals surface area contributed by atoms with Crippen LogP contribution >= 0.6 is 0 Å². The highest BCUT2D eigenvalue weighted by molar-refractivity contribution is 5.69. The Morgan fingerprint density at radius 2 is 1.88 bits per heavy atom. The minimum Gasteiger partial charge on any atom is -0.490 e. The number of carbonyl (C=O) groups excluding carboxylic acids is 1. The molecule has 1 fully saturated rings. The number of piperidine rings is 1. The fourth-order valence-corrected chi connectivity index (χ4v) is 2.73. The molecule has 0 aromatic heterocycles. The fraction of sp³-hybridized carbons (Fsp3) is 0.611. The van der Waals surface area contributed by atoms with Crippen LogP contribution in [0, 0.1) is 0 Å². The Bertz CT molecular complexity index is 516. The van der Waals surface area contributed by atoms with E-state index in [1.807, 2.05) is 6.07 Å². The molecule has 1 aromatic carbocycles. The molecule has 1 aromatic rings. The lowest BCUT2D eigenvalue weighted by Gasteiger charge is -2.26. The minimum atomic E-state index is -0.232. The van der Waals surface area contributed by atoms with Gasteiger partial charge in [-0.2, -0.15) is 0 Å². The minimum absolute atomic E-state index is 0.232. The van der Waals surface area contributed by atoms with Gasteiger partial charge < -0.3 is 19.9 Å². The van der Waals surface area contributed by atoms with Gasteiger partial charge in [0.25, 0.3) is 0 Å². The second kappa shape index (κ2) is 10.0.